The molecule has 5 heteroatoms. The highest BCUT2D eigenvalue weighted by molar-refractivity contribution is 7.90. The maximum atomic E-state index is 11.5. The van der Waals surface area contributed by atoms with Crippen LogP contribution in [0, 0.1) is 6.92 Å². The fourth-order valence-electron chi connectivity index (χ4n) is 1.60. The van der Waals surface area contributed by atoms with Crippen molar-refractivity contribution in [3.63, 3.8) is 0 Å². The number of aromatic hydroxyl groups is 1. The van der Waals surface area contributed by atoms with E-state index in [0.29, 0.717) is 17.0 Å². The summed E-state index contributed by atoms with van der Waals surface area (Å²) in [5.41, 5.74) is 1.86. The van der Waals surface area contributed by atoms with Crippen LogP contribution >= 0.6 is 0 Å². The van der Waals surface area contributed by atoms with Gasteiger partial charge in [-0.15, -0.1) is 0 Å². The van der Waals surface area contributed by atoms with Gasteiger partial charge in [-0.2, -0.15) is 0 Å². The van der Waals surface area contributed by atoms with Gasteiger partial charge in [0.25, 0.3) is 0 Å². The minimum atomic E-state index is -3.23. The van der Waals surface area contributed by atoms with Crippen molar-refractivity contribution in [2.45, 2.75) is 11.8 Å². The maximum absolute atomic E-state index is 11.5. The highest BCUT2D eigenvalue weighted by atomic mass is 32.2. The van der Waals surface area contributed by atoms with Gasteiger partial charge in [-0.1, -0.05) is 12.1 Å². The zero-order valence-electron chi connectivity index (χ0n) is 10.1. The van der Waals surface area contributed by atoms with E-state index in [1.165, 1.54) is 6.26 Å². The molecule has 0 saturated heterocycles. The van der Waals surface area contributed by atoms with E-state index >= 15 is 0 Å². The molecule has 2 aromatic rings. The van der Waals surface area contributed by atoms with E-state index in [4.69, 9.17) is 0 Å². The van der Waals surface area contributed by atoms with E-state index in [1.54, 1.807) is 43.3 Å². The Bertz CT molecular complexity index is 693. The lowest BCUT2D eigenvalue weighted by Crippen LogP contribution is -1.97. The summed E-state index contributed by atoms with van der Waals surface area (Å²) in [7, 11) is -3.23. The van der Waals surface area contributed by atoms with Crippen LogP contribution in [0.2, 0.25) is 0 Å². The fourth-order valence-corrected chi connectivity index (χ4v) is 2.27. The van der Waals surface area contributed by atoms with Crippen LogP contribution in [0.5, 0.6) is 5.75 Å². The van der Waals surface area contributed by atoms with E-state index in [0.717, 1.165) is 0 Å². The van der Waals surface area contributed by atoms with Crippen LogP contribution in [0.1, 0.15) is 5.69 Å². The van der Waals surface area contributed by atoms with Gasteiger partial charge >= 0.3 is 0 Å². The van der Waals surface area contributed by atoms with E-state index in [1.807, 2.05) is 0 Å². The van der Waals surface area contributed by atoms with Crippen LogP contribution in [-0.2, 0) is 9.84 Å². The van der Waals surface area contributed by atoms with Gasteiger partial charge in [-0.25, -0.2) is 13.4 Å². The molecule has 0 amide bonds. The molecule has 1 aromatic heterocycles. The minimum absolute atomic E-state index is 0.123. The molecular formula is C13H13NO3S. The lowest BCUT2D eigenvalue weighted by molar-refractivity contribution is 0.468. The molecule has 4 nitrogen and oxygen atoms in total. The lowest BCUT2D eigenvalue weighted by atomic mass is 10.1. The van der Waals surface area contributed by atoms with Gasteiger partial charge in [0.15, 0.2) is 9.84 Å². The Hall–Kier alpha value is -1.88. The Kier molecular flexibility index (Phi) is 3.09. The van der Waals surface area contributed by atoms with Crippen molar-refractivity contribution in [1.82, 2.24) is 4.98 Å². The summed E-state index contributed by atoms with van der Waals surface area (Å²) < 4.78 is 23.0. The minimum Gasteiger partial charge on any atom is -0.506 e. The second kappa shape index (κ2) is 4.42. The molecule has 0 spiro atoms. The first-order valence-electron chi connectivity index (χ1n) is 5.35. The van der Waals surface area contributed by atoms with E-state index in [-0.39, 0.29) is 10.6 Å². The van der Waals surface area contributed by atoms with Crippen molar-refractivity contribution in [2.75, 3.05) is 6.26 Å². The second-order valence-electron chi connectivity index (χ2n) is 4.10. The molecule has 0 aliphatic carbocycles. The maximum Gasteiger partial charge on any atom is 0.175 e. The molecule has 0 fully saturated rings. The van der Waals surface area contributed by atoms with Crippen molar-refractivity contribution < 1.29 is 13.5 Å². The number of benzene rings is 1. The Balaban J connectivity index is 2.55. The summed E-state index contributed by atoms with van der Waals surface area (Å²) in [4.78, 5) is 4.48. The molecule has 18 heavy (non-hydrogen) atoms. The summed E-state index contributed by atoms with van der Waals surface area (Å²) in [6.07, 6.45) is 1.17. The van der Waals surface area contributed by atoms with E-state index < -0.39 is 9.84 Å². The van der Waals surface area contributed by atoms with Gasteiger partial charge in [-0.05, 0) is 31.2 Å². The average molecular weight is 263 g/mol. The largest absolute Gasteiger partial charge is 0.506 e. The van der Waals surface area contributed by atoms with Crippen molar-refractivity contribution in [3.05, 3.63) is 42.1 Å². The fraction of sp³-hybridized carbons (Fsp3) is 0.154. The molecular weight excluding hydrogens is 250 g/mol. The number of rotatable bonds is 2. The summed E-state index contributed by atoms with van der Waals surface area (Å²) in [5.74, 6) is 0.123. The number of sulfone groups is 1. The highest BCUT2D eigenvalue weighted by Gasteiger charge is 2.09. The number of hydrogen-bond donors (Lipinski definition) is 1. The molecule has 0 unspecified atom stereocenters. The summed E-state index contributed by atoms with van der Waals surface area (Å²) in [6, 6.07) is 9.79. The van der Waals surface area contributed by atoms with Gasteiger partial charge in [0.1, 0.15) is 5.75 Å². The molecule has 0 saturated carbocycles. The first-order valence-corrected chi connectivity index (χ1v) is 7.24. The zero-order valence-corrected chi connectivity index (χ0v) is 10.9. The first kappa shape index (κ1) is 12.6. The molecule has 0 atom stereocenters. The average Bonchev–Trinajstić information content (AvgIpc) is 2.32. The highest BCUT2D eigenvalue weighted by Crippen LogP contribution is 2.23. The Morgan fingerprint density at radius 1 is 1.17 bits per heavy atom. The van der Waals surface area contributed by atoms with Gasteiger partial charge in [0.2, 0.25) is 0 Å². The number of aromatic nitrogens is 1. The van der Waals surface area contributed by atoms with Gasteiger partial charge in [0, 0.05) is 11.8 Å². The number of pyridine rings is 1. The first-order chi connectivity index (χ1) is 8.38. The van der Waals surface area contributed by atoms with Crippen molar-refractivity contribution in [3.8, 4) is 17.0 Å². The molecule has 2 rings (SSSR count). The summed E-state index contributed by atoms with van der Waals surface area (Å²) in [5, 5.41) is 9.42. The van der Waals surface area contributed by atoms with Crippen LogP contribution in [0.25, 0.3) is 11.3 Å². The Labute approximate surface area is 106 Å². The van der Waals surface area contributed by atoms with Crippen molar-refractivity contribution >= 4 is 9.84 Å². The monoisotopic (exact) mass is 263 g/mol. The third-order valence-electron chi connectivity index (χ3n) is 2.62. The van der Waals surface area contributed by atoms with Crippen LogP contribution < -0.4 is 0 Å². The number of nitrogens with zero attached hydrogens (tertiary/aromatic N) is 1. The molecule has 1 N–H and O–H groups in total. The normalized spacial score (nSPS) is 11.4. The summed E-state index contributed by atoms with van der Waals surface area (Å²) >= 11 is 0. The SMILES string of the molecule is Cc1nc(-c2cccc(S(C)(=O)=O)c2)ccc1O. The number of aryl methyl sites for hydroxylation is 1. The zero-order chi connectivity index (χ0) is 13.3. The molecule has 94 valence electrons. The standard InChI is InChI=1S/C13H13NO3S/c1-9-13(15)7-6-12(14-9)10-4-3-5-11(8-10)18(2,16)17/h3-8,15H,1-2H3. The van der Waals surface area contributed by atoms with Gasteiger partial charge in [0.05, 0.1) is 16.3 Å². The third kappa shape index (κ3) is 2.51. The van der Waals surface area contributed by atoms with Crippen molar-refractivity contribution in [1.29, 1.82) is 0 Å². The van der Waals surface area contributed by atoms with Crippen LogP contribution in [0.3, 0.4) is 0 Å². The predicted octanol–water partition coefficient (Wildman–Crippen LogP) is 2.17. The molecule has 0 radical (unpaired) electrons. The quantitative estimate of drug-likeness (QED) is 0.901. The smallest absolute Gasteiger partial charge is 0.175 e. The lowest BCUT2D eigenvalue weighted by Gasteiger charge is -2.05. The van der Waals surface area contributed by atoms with Crippen LogP contribution in [0.15, 0.2) is 41.3 Å². The third-order valence-corrected chi connectivity index (χ3v) is 3.73. The van der Waals surface area contributed by atoms with E-state index in [2.05, 4.69) is 4.98 Å². The van der Waals surface area contributed by atoms with Gasteiger partial charge < -0.3 is 5.11 Å². The molecule has 0 aliphatic heterocycles. The van der Waals surface area contributed by atoms with Crippen LogP contribution in [-0.4, -0.2) is 24.8 Å². The molecule has 1 heterocycles. The summed E-state index contributed by atoms with van der Waals surface area (Å²) in [6.45, 7) is 1.69. The Morgan fingerprint density at radius 3 is 2.50 bits per heavy atom. The molecule has 1 aromatic carbocycles. The number of hydrogen-bond acceptors (Lipinski definition) is 4. The van der Waals surface area contributed by atoms with Gasteiger partial charge in [-0.3, -0.25) is 0 Å². The molecule has 0 aliphatic rings. The second-order valence-corrected chi connectivity index (χ2v) is 6.12. The van der Waals surface area contributed by atoms with Crippen molar-refractivity contribution in [2.24, 2.45) is 0 Å². The molecule has 0 bridgehead atoms. The van der Waals surface area contributed by atoms with Crippen LogP contribution in [0.4, 0.5) is 0 Å². The Morgan fingerprint density at radius 2 is 1.89 bits per heavy atom. The van der Waals surface area contributed by atoms with E-state index in [9.17, 15) is 13.5 Å². The topological polar surface area (TPSA) is 67.3 Å². The predicted molar refractivity (Wildman–Crippen MR) is 69.2 cm³/mol.